The standard InChI is InChI=1S/C28H39NO2/c1-3-5-7-8-9-10-12-15-24-19-21-27(29-23-24)31-28(30)22-20-26(16-6-4-2)25-17-13-11-14-18-25/h11,13-14,17-23,26H,3-10,12,15-16H2,1-2H3. The SMILES string of the molecule is CCCCCCCCCc1ccc(OC(=O)C=CC(CCCC)c2ccccc2)nc1. The zero-order valence-electron chi connectivity index (χ0n) is 19.4. The van der Waals surface area contributed by atoms with Gasteiger partial charge in [-0.05, 0) is 30.4 Å². The van der Waals surface area contributed by atoms with Crippen molar-refractivity contribution >= 4 is 5.97 Å². The van der Waals surface area contributed by atoms with Gasteiger partial charge in [0, 0.05) is 24.3 Å². The summed E-state index contributed by atoms with van der Waals surface area (Å²) in [5, 5.41) is 0. The van der Waals surface area contributed by atoms with Crippen molar-refractivity contribution in [2.75, 3.05) is 0 Å². The summed E-state index contributed by atoms with van der Waals surface area (Å²) in [5.41, 5.74) is 2.43. The number of aryl methyl sites for hydroxylation is 1. The van der Waals surface area contributed by atoms with Gasteiger partial charge in [0.1, 0.15) is 0 Å². The molecule has 3 heteroatoms. The van der Waals surface area contributed by atoms with E-state index in [-0.39, 0.29) is 11.9 Å². The van der Waals surface area contributed by atoms with Gasteiger partial charge in [-0.1, -0.05) is 108 Å². The molecule has 0 aliphatic carbocycles. The molecule has 0 bridgehead atoms. The van der Waals surface area contributed by atoms with Crippen LogP contribution < -0.4 is 4.74 Å². The highest BCUT2D eigenvalue weighted by molar-refractivity contribution is 5.83. The largest absolute Gasteiger partial charge is 0.404 e. The van der Waals surface area contributed by atoms with E-state index in [1.54, 1.807) is 12.1 Å². The van der Waals surface area contributed by atoms with Crippen LogP contribution in [0.2, 0.25) is 0 Å². The van der Waals surface area contributed by atoms with Crippen LogP contribution in [0.15, 0.2) is 60.8 Å². The van der Waals surface area contributed by atoms with Crippen molar-refractivity contribution in [2.45, 2.75) is 90.4 Å². The quantitative estimate of drug-likeness (QED) is 0.167. The molecule has 0 amide bonds. The molecule has 0 radical (unpaired) electrons. The van der Waals surface area contributed by atoms with Crippen LogP contribution in [-0.2, 0) is 11.2 Å². The van der Waals surface area contributed by atoms with Crippen LogP contribution in [0, 0.1) is 0 Å². The van der Waals surface area contributed by atoms with Crippen molar-refractivity contribution in [2.24, 2.45) is 0 Å². The van der Waals surface area contributed by atoms with Crippen molar-refractivity contribution in [3.63, 3.8) is 0 Å². The van der Waals surface area contributed by atoms with Gasteiger partial charge < -0.3 is 4.74 Å². The smallest absolute Gasteiger partial charge is 0.337 e. The van der Waals surface area contributed by atoms with E-state index in [0.717, 1.165) is 25.7 Å². The average Bonchev–Trinajstić information content (AvgIpc) is 2.80. The molecule has 0 saturated heterocycles. The summed E-state index contributed by atoms with van der Waals surface area (Å²) in [7, 11) is 0. The second-order valence-electron chi connectivity index (χ2n) is 8.32. The highest BCUT2D eigenvalue weighted by Gasteiger charge is 2.09. The second kappa shape index (κ2) is 15.4. The summed E-state index contributed by atoms with van der Waals surface area (Å²) < 4.78 is 5.40. The normalized spacial score (nSPS) is 12.2. The molecule has 2 rings (SSSR count). The van der Waals surface area contributed by atoms with Crippen LogP contribution in [-0.4, -0.2) is 11.0 Å². The van der Waals surface area contributed by atoms with Gasteiger partial charge in [-0.3, -0.25) is 0 Å². The molecule has 31 heavy (non-hydrogen) atoms. The minimum absolute atomic E-state index is 0.228. The summed E-state index contributed by atoms with van der Waals surface area (Å²) in [6, 6.07) is 14.1. The lowest BCUT2D eigenvalue weighted by atomic mass is 9.93. The third-order valence-electron chi connectivity index (χ3n) is 5.63. The predicted molar refractivity (Wildman–Crippen MR) is 129 cm³/mol. The molecule has 3 nitrogen and oxygen atoms in total. The lowest BCUT2D eigenvalue weighted by Crippen LogP contribution is -2.06. The Kier molecular flexibility index (Phi) is 12.3. The van der Waals surface area contributed by atoms with Gasteiger partial charge in [0.05, 0.1) is 0 Å². The van der Waals surface area contributed by atoms with E-state index in [1.807, 2.05) is 36.5 Å². The molecule has 1 aromatic heterocycles. The Morgan fingerprint density at radius 1 is 0.903 bits per heavy atom. The van der Waals surface area contributed by atoms with Crippen LogP contribution >= 0.6 is 0 Å². The van der Waals surface area contributed by atoms with Crippen LogP contribution in [0.4, 0.5) is 0 Å². The molecule has 1 aromatic carbocycles. The Labute approximate surface area is 188 Å². The number of pyridine rings is 1. The average molecular weight is 422 g/mol. The Morgan fingerprint density at radius 3 is 2.29 bits per heavy atom. The number of rotatable bonds is 15. The van der Waals surface area contributed by atoms with Gasteiger partial charge >= 0.3 is 5.97 Å². The van der Waals surface area contributed by atoms with E-state index in [4.69, 9.17) is 4.74 Å². The highest BCUT2D eigenvalue weighted by Crippen LogP contribution is 2.23. The third kappa shape index (κ3) is 10.4. The van der Waals surface area contributed by atoms with Crippen molar-refractivity contribution in [3.05, 3.63) is 71.9 Å². The Bertz CT molecular complexity index is 752. The fraction of sp³-hybridized carbons (Fsp3) is 0.500. The molecule has 0 N–H and O–H groups in total. The molecule has 2 aromatic rings. The number of ether oxygens (including phenoxy) is 1. The zero-order chi connectivity index (χ0) is 22.2. The first kappa shape index (κ1) is 24.8. The molecule has 0 saturated carbocycles. The van der Waals surface area contributed by atoms with E-state index < -0.39 is 0 Å². The van der Waals surface area contributed by atoms with Crippen LogP contribution in [0.3, 0.4) is 0 Å². The Balaban J connectivity index is 1.77. The predicted octanol–water partition coefficient (Wildman–Crippen LogP) is 7.81. The molecule has 0 fully saturated rings. The number of allylic oxidation sites excluding steroid dienone is 1. The van der Waals surface area contributed by atoms with E-state index in [0.29, 0.717) is 5.88 Å². The molecule has 168 valence electrons. The minimum Gasteiger partial charge on any atom is -0.404 e. The van der Waals surface area contributed by atoms with Crippen molar-refractivity contribution in [3.8, 4) is 5.88 Å². The fourth-order valence-corrected chi connectivity index (χ4v) is 3.74. The first-order valence-corrected chi connectivity index (χ1v) is 12.1. The monoisotopic (exact) mass is 421 g/mol. The third-order valence-corrected chi connectivity index (χ3v) is 5.63. The Hall–Kier alpha value is -2.42. The van der Waals surface area contributed by atoms with Gasteiger partial charge in [0.25, 0.3) is 0 Å². The highest BCUT2D eigenvalue weighted by atomic mass is 16.5. The lowest BCUT2D eigenvalue weighted by molar-refractivity contribution is -0.129. The Morgan fingerprint density at radius 2 is 1.61 bits per heavy atom. The lowest BCUT2D eigenvalue weighted by Gasteiger charge is -2.12. The van der Waals surface area contributed by atoms with Crippen LogP contribution in [0.25, 0.3) is 0 Å². The molecule has 0 aliphatic heterocycles. The molecular formula is C28H39NO2. The van der Waals surface area contributed by atoms with E-state index in [2.05, 4.69) is 31.0 Å². The van der Waals surface area contributed by atoms with E-state index in [9.17, 15) is 4.79 Å². The number of carbonyl (C=O) groups excluding carboxylic acids is 1. The fourth-order valence-electron chi connectivity index (χ4n) is 3.74. The van der Waals surface area contributed by atoms with Crippen molar-refractivity contribution in [1.29, 1.82) is 0 Å². The number of nitrogens with zero attached hydrogens (tertiary/aromatic N) is 1. The minimum atomic E-state index is -0.371. The number of esters is 1. The number of unbranched alkanes of at least 4 members (excludes halogenated alkanes) is 7. The number of carbonyl (C=O) groups is 1. The van der Waals surface area contributed by atoms with E-state index >= 15 is 0 Å². The van der Waals surface area contributed by atoms with Crippen molar-refractivity contribution in [1.82, 2.24) is 4.98 Å². The van der Waals surface area contributed by atoms with E-state index in [1.165, 1.54) is 56.1 Å². The number of benzene rings is 1. The zero-order valence-corrected chi connectivity index (χ0v) is 19.4. The molecule has 1 heterocycles. The maximum Gasteiger partial charge on any atom is 0.337 e. The molecule has 0 spiro atoms. The van der Waals surface area contributed by atoms with Crippen LogP contribution in [0.5, 0.6) is 5.88 Å². The summed E-state index contributed by atoms with van der Waals surface area (Å²) >= 11 is 0. The molecular weight excluding hydrogens is 382 g/mol. The second-order valence-corrected chi connectivity index (χ2v) is 8.32. The van der Waals surface area contributed by atoms with Gasteiger partial charge in [-0.2, -0.15) is 0 Å². The van der Waals surface area contributed by atoms with Crippen LogP contribution in [0.1, 0.15) is 95.1 Å². The first-order valence-electron chi connectivity index (χ1n) is 12.1. The maximum absolute atomic E-state index is 12.3. The summed E-state index contributed by atoms with van der Waals surface area (Å²) in [6.07, 6.45) is 18.8. The topological polar surface area (TPSA) is 39.2 Å². The summed E-state index contributed by atoms with van der Waals surface area (Å²) in [5.74, 6) is 0.221. The van der Waals surface area contributed by atoms with Crippen molar-refractivity contribution < 1.29 is 9.53 Å². The summed E-state index contributed by atoms with van der Waals surface area (Å²) in [4.78, 5) is 16.6. The first-order chi connectivity index (χ1) is 15.2. The molecule has 1 unspecified atom stereocenters. The maximum atomic E-state index is 12.3. The number of hydrogen-bond donors (Lipinski definition) is 0. The molecule has 0 aliphatic rings. The van der Waals surface area contributed by atoms with Gasteiger partial charge in [0.2, 0.25) is 5.88 Å². The van der Waals surface area contributed by atoms with Gasteiger partial charge in [-0.25, -0.2) is 9.78 Å². The van der Waals surface area contributed by atoms with Gasteiger partial charge in [0.15, 0.2) is 0 Å². The number of hydrogen-bond acceptors (Lipinski definition) is 3. The number of aromatic nitrogens is 1. The van der Waals surface area contributed by atoms with Gasteiger partial charge in [-0.15, -0.1) is 0 Å². The summed E-state index contributed by atoms with van der Waals surface area (Å²) in [6.45, 7) is 4.43. The molecule has 1 atom stereocenters.